The summed E-state index contributed by atoms with van der Waals surface area (Å²) >= 11 is 0. The Labute approximate surface area is 363 Å². The van der Waals surface area contributed by atoms with Crippen molar-refractivity contribution >= 4 is 44.4 Å². The molecule has 2 heteroatoms. The van der Waals surface area contributed by atoms with Crippen molar-refractivity contribution in [2.75, 3.05) is 4.90 Å². The molecule has 10 aromatic rings. The van der Waals surface area contributed by atoms with Crippen molar-refractivity contribution in [2.24, 2.45) is 0 Å². The summed E-state index contributed by atoms with van der Waals surface area (Å²) < 4.78 is 2.39. The first-order valence-corrected chi connectivity index (χ1v) is 21.6. The quantitative estimate of drug-likeness (QED) is 0.141. The van der Waals surface area contributed by atoms with Crippen LogP contribution in [0.2, 0.25) is 0 Å². The second kappa shape index (κ2) is 16.3. The molecule has 0 amide bonds. The molecule has 0 saturated heterocycles. The fourth-order valence-electron chi connectivity index (χ4n) is 9.17. The fraction of sp³-hybridized carbons (Fsp3) is 0.0333. The molecule has 0 saturated carbocycles. The van der Waals surface area contributed by atoms with E-state index in [0.29, 0.717) is 0 Å². The lowest BCUT2D eigenvalue weighted by Gasteiger charge is -2.26. The van der Waals surface area contributed by atoms with Gasteiger partial charge in [-0.3, -0.25) is 0 Å². The number of para-hydroxylation sites is 2. The summed E-state index contributed by atoms with van der Waals surface area (Å²) in [5.41, 5.74) is 19.0. The highest BCUT2D eigenvalue weighted by atomic mass is 15.1. The Hall–Kier alpha value is -7.94. The smallest absolute Gasteiger partial charge is 0.0547 e. The number of benzene rings is 9. The second-order valence-corrected chi connectivity index (χ2v) is 16.0. The highest BCUT2D eigenvalue weighted by Crippen LogP contribution is 2.41. The summed E-state index contributed by atoms with van der Waals surface area (Å²) in [6.45, 7) is 0. The summed E-state index contributed by atoms with van der Waals surface area (Å²) in [5.74, 6) is 0. The Balaban J connectivity index is 0.972. The zero-order valence-corrected chi connectivity index (χ0v) is 34.4. The van der Waals surface area contributed by atoms with Crippen LogP contribution in [0.15, 0.2) is 243 Å². The molecule has 0 unspecified atom stereocenters. The largest absolute Gasteiger partial charge is 0.310 e. The first-order valence-electron chi connectivity index (χ1n) is 21.6. The van der Waals surface area contributed by atoms with Gasteiger partial charge in [0.05, 0.1) is 11.0 Å². The molecule has 1 aromatic heterocycles. The van der Waals surface area contributed by atoms with Crippen LogP contribution in [0.5, 0.6) is 0 Å². The van der Waals surface area contributed by atoms with Gasteiger partial charge in [0, 0.05) is 33.5 Å². The minimum Gasteiger partial charge on any atom is -0.310 e. The SMILES string of the molecule is C1=CC(c2ccc(N(c3ccc(-c4ccc(-c5ccccc5)cc4)cc3)c3cccc(-c4cccc(-c5cccc6c5c5ccccc5n6-c5ccccc5)c4)c3)cc2)=CCC1. The third-order valence-corrected chi connectivity index (χ3v) is 12.2. The number of allylic oxidation sites excluding steroid dienone is 4. The van der Waals surface area contributed by atoms with Gasteiger partial charge in [-0.15, -0.1) is 0 Å². The number of fused-ring (bicyclic) bond motifs is 3. The molecule has 0 spiro atoms. The Morgan fingerprint density at radius 1 is 0.355 bits per heavy atom. The van der Waals surface area contributed by atoms with Crippen LogP contribution in [0, 0.1) is 0 Å². The first-order chi connectivity index (χ1) is 30.7. The maximum Gasteiger partial charge on any atom is 0.0547 e. The number of aromatic nitrogens is 1. The van der Waals surface area contributed by atoms with Crippen LogP contribution in [-0.4, -0.2) is 4.57 Å². The van der Waals surface area contributed by atoms with Crippen molar-refractivity contribution in [3.05, 3.63) is 248 Å². The number of hydrogen-bond donors (Lipinski definition) is 0. The van der Waals surface area contributed by atoms with E-state index in [1.54, 1.807) is 0 Å². The Kier molecular flexibility index (Phi) is 9.72. The predicted molar refractivity (Wildman–Crippen MR) is 264 cm³/mol. The molecule has 0 fully saturated rings. The van der Waals surface area contributed by atoms with Crippen LogP contribution in [0.25, 0.3) is 77.6 Å². The zero-order chi connectivity index (χ0) is 41.2. The van der Waals surface area contributed by atoms with Crippen molar-refractivity contribution in [3.63, 3.8) is 0 Å². The summed E-state index contributed by atoms with van der Waals surface area (Å²) in [4.78, 5) is 2.38. The molecule has 0 radical (unpaired) electrons. The van der Waals surface area contributed by atoms with Gasteiger partial charge in [-0.1, -0.05) is 176 Å². The summed E-state index contributed by atoms with van der Waals surface area (Å²) in [6, 6.07) is 81.6. The predicted octanol–water partition coefficient (Wildman–Crippen LogP) is 16.7. The van der Waals surface area contributed by atoms with Crippen molar-refractivity contribution in [3.8, 4) is 50.2 Å². The molecule has 11 rings (SSSR count). The van der Waals surface area contributed by atoms with Crippen LogP contribution in [0.3, 0.4) is 0 Å². The number of hydrogen-bond acceptors (Lipinski definition) is 1. The standard InChI is InChI=1S/C60H44N2/c1-4-15-43(16-5-1)45-29-31-46(32-30-45)48-35-39-54(40-36-48)61(53-37-33-47(34-38-53)44-17-6-2-7-18-44)55-24-13-20-50(42-55)49-19-12-21-51(41-49)56-26-14-28-59-60(56)57-25-10-11-27-58(57)62(59)52-22-8-3-9-23-52/h1,3-6,8-42H,2,7H2. The van der Waals surface area contributed by atoms with Crippen molar-refractivity contribution < 1.29 is 0 Å². The van der Waals surface area contributed by atoms with Gasteiger partial charge in [0.25, 0.3) is 0 Å². The van der Waals surface area contributed by atoms with Gasteiger partial charge in [-0.05, 0) is 135 Å². The number of anilines is 3. The Bertz CT molecular complexity index is 3240. The average Bonchev–Trinajstić information content (AvgIpc) is 3.70. The van der Waals surface area contributed by atoms with E-state index in [4.69, 9.17) is 0 Å². The second-order valence-electron chi connectivity index (χ2n) is 16.0. The van der Waals surface area contributed by atoms with Crippen LogP contribution in [0.4, 0.5) is 17.1 Å². The molecule has 1 heterocycles. The highest BCUT2D eigenvalue weighted by Gasteiger charge is 2.18. The van der Waals surface area contributed by atoms with Gasteiger partial charge >= 0.3 is 0 Å². The van der Waals surface area contributed by atoms with E-state index in [1.807, 2.05) is 0 Å². The number of nitrogens with zero attached hydrogens (tertiary/aromatic N) is 2. The van der Waals surface area contributed by atoms with E-state index < -0.39 is 0 Å². The molecule has 2 nitrogen and oxygen atoms in total. The molecular weight excluding hydrogens is 749 g/mol. The van der Waals surface area contributed by atoms with Gasteiger partial charge in [-0.2, -0.15) is 0 Å². The van der Waals surface area contributed by atoms with Gasteiger partial charge in [0.1, 0.15) is 0 Å². The minimum absolute atomic E-state index is 1.08. The molecule has 0 N–H and O–H groups in total. The summed E-state index contributed by atoms with van der Waals surface area (Å²) in [7, 11) is 0. The Morgan fingerprint density at radius 3 is 1.58 bits per heavy atom. The lowest BCUT2D eigenvalue weighted by Crippen LogP contribution is -2.10. The third kappa shape index (κ3) is 7.02. The van der Waals surface area contributed by atoms with Crippen LogP contribution in [-0.2, 0) is 0 Å². The maximum atomic E-state index is 2.39. The maximum absolute atomic E-state index is 2.39. The summed E-state index contributed by atoms with van der Waals surface area (Å²) in [5, 5.41) is 2.52. The summed E-state index contributed by atoms with van der Waals surface area (Å²) in [6.07, 6.45) is 9.06. The molecule has 0 atom stereocenters. The van der Waals surface area contributed by atoms with Gasteiger partial charge in [0.15, 0.2) is 0 Å². The third-order valence-electron chi connectivity index (χ3n) is 12.2. The van der Waals surface area contributed by atoms with Gasteiger partial charge in [-0.25, -0.2) is 0 Å². The number of rotatable bonds is 9. The molecule has 0 aliphatic heterocycles. The average molecular weight is 793 g/mol. The van der Waals surface area contributed by atoms with Gasteiger partial charge in [0.2, 0.25) is 0 Å². The first kappa shape index (κ1) is 37.1. The molecular formula is C60H44N2. The monoisotopic (exact) mass is 792 g/mol. The van der Waals surface area contributed by atoms with Crippen molar-refractivity contribution in [1.29, 1.82) is 0 Å². The van der Waals surface area contributed by atoms with Crippen LogP contribution < -0.4 is 4.90 Å². The molecule has 1 aliphatic rings. The normalized spacial score (nSPS) is 12.4. The van der Waals surface area contributed by atoms with Crippen LogP contribution in [0.1, 0.15) is 18.4 Å². The van der Waals surface area contributed by atoms with E-state index in [0.717, 1.165) is 41.2 Å². The van der Waals surface area contributed by atoms with E-state index in [1.165, 1.54) is 71.9 Å². The lowest BCUT2D eigenvalue weighted by molar-refractivity contribution is 1.04. The van der Waals surface area contributed by atoms with Crippen molar-refractivity contribution in [1.82, 2.24) is 4.57 Å². The fourth-order valence-corrected chi connectivity index (χ4v) is 9.17. The molecule has 1 aliphatic carbocycles. The Morgan fingerprint density at radius 2 is 0.887 bits per heavy atom. The van der Waals surface area contributed by atoms with Crippen molar-refractivity contribution in [2.45, 2.75) is 12.8 Å². The lowest BCUT2D eigenvalue weighted by atomic mass is 9.95. The van der Waals surface area contributed by atoms with E-state index in [-0.39, 0.29) is 0 Å². The molecule has 62 heavy (non-hydrogen) atoms. The minimum atomic E-state index is 1.08. The zero-order valence-electron chi connectivity index (χ0n) is 34.4. The molecule has 0 bridgehead atoms. The van der Waals surface area contributed by atoms with E-state index in [2.05, 4.69) is 252 Å². The topological polar surface area (TPSA) is 8.17 Å². The molecule has 9 aromatic carbocycles. The van der Waals surface area contributed by atoms with E-state index >= 15 is 0 Å². The van der Waals surface area contributed by atoms with E-state index in [9.17, 15) is 0 Å². The van der Waals surface area contributed by atoms with Crippen LogP contribution >= 0.6 is 0 Å². The van der Waals surface area contributed by atoms with Gasteiger partial charge < -0.3 is 9.47 Å². The molecule has 294 valence electrons. The highest BCUT2D eigenvalue weighted by molar-refractivity contribution is 6.15.